The van der Waals surface area contributed by atoms with Gasteiger partial charge >= 0.3 is 12.1 Å². The number of aryl methyl sites for hydroxylation is 1. The van der Waals surface area contributed by atoms with Crippen LogP contribution in [0.2, 0.25) is 0 Å². The van der Waals surface area contributed by atoms with Gasteiger partial charge in [-0.2, -0.15) is 28.4 Å². The number of methoxy groups -OCH3 is 1. The molecule has 4 aromatic rings. The van der Waals surface area contributed by atoms with Gasteiger partial charge in [-0.05, 0) is 38.0 Å². The average molecular weight is 474 g/mol. The molecule has 0 spiro atoms. The summed E-state index contributed by atoms with van der Waals surface area (Å²) in [6, 6.07) is 3.62. The smallest absolute Gasteiger partial charge is 0.416 e. The van der Waals surface area contributed by atoms with Gasteiger partial charge in [-0.3, -0.25) is 4.68 Å². The van der Waals surface area contributed by atoms with Crippen molar-refractivity contribution in [1.29, 1.82) is 0 Å². The SMILES string of the molecule is CCOC(=O)c1cnn(-c2nc(OC)c3c(cnn3[C@@H](C)c3ccc(C)c(C(F)(F)F)c3)n2)c1. The van der Waals surface area contributed by atoms with E-state index in [0.717, 1.165) is 6.07 Å². The maximum atomic E-state index is 13.4. The van der Waals surface area contributed by atoms with Gasteiger partial charge in [0.25, 0.3) is 5.95 Å². The maximum Gasteiger partial charge on any atom is 0.416 e. The minimum Gasteiger partial charge on any atom is -0.479 e. The number of carbonyl (C=O) groups excluding carboxylic acids is 1. The van der Waals surface area contributed by atoms with Crippen LogP contribution in [0, 0.1) is 6.92 Å². The number of hydrogen-bond donors (Lipinski definition) is 0. The van der Waals surface area contributed by atoms with Crippen molar-refractivity contribution in [3.05, 3.63) is 59.0 Å². The van der Waals surface area contributed by atoms with Crippen molar-refractivity contribution in [2.45, 2.75) is 33.0 Å². The van der Waals surface area contributed by atoms with Crippen molar-refractivity contribution >= 4 is 17.0 Å². The number of alkyl halides is 3. The van der Waals surface area contributed by atoms with E-state index in [0.29, 0.717) is 16.6 Å². The van der Waals surface area contributed by atoms with Gasteiger partial charge in [0.1, 0.15) is 11.0 Å². The minimum atomic E-state index is -4.46. The number of halogens is 3. The van der Waals surface area contributed by atoms with Crippen molar-refractivity contribution in [1.82, 2.24) is 29.5 Å². The number of fused-ring (bicyclic) bond motifs is 1. The summed E-state index contributed by atoms with van der Waals surface area (Å²) >= 11 is 0. The third-order valence-electron chi connectivity index (χ3n) is 5.31. The summed E-state index contributed by atoms with van der Waals surface area (Å²) in [6.07, 6.45) is -0.238. The Morgan fingerprint density at radius 3 is 2.62 bits per heavy atom. The molecular formula is C22H21F3N6O3. The fraction of sp³-hybridized carbons (Fsp3) is 0.318. The largest absolute Gasteiger partial charge is 0.479 e. The van der Waals surface area contributed by atoms with E-state index in [4.69, 9.17) is 9.47 Å². The molecule has 0 aliphatic heterocycles. The lowest BCUT2D eigenvalue weighted by molar-refractivity contribution is -0.138. The summed E-state index contributed by atoms with van der Waals surface area (Å²) in [5, 5.41) is 8.44. The standard InChI is InChI=1S/C22H21F3N6O3/c1-5-34-20(32)15-9-26-30(11-15)21-28-17-10-27-31(18(17)19(29-21)33-4)13(3)14-7-6-12(2)16(8-14)22(23,24)25/h6-11,13H,5H2,1-4H3/t13-/m0/s1. The zero-order valence-electron chi connectivity index (χ0n) is 18.8. The normalized spacial score (nSPS) is 12.7. The summed E-state index contributed by atoms with van der Waals surface area (Å²) in [7, 11) is 1.41. The van der Waals surface area contributed by atoms with Crippen molar-refractivity contribution in [2.75, 3.05) is 13.7 Å². The topological polar surface area (TPSA) is 97.0 Å². The van der Waals surface area contributed by atoms with E-state index in [1.54, 1.807) is 19.9 Å². The predicted molar refractivity (Wildman–Crippen MR) is 115 cm³/mol. The van der Waals surface area contributed by atoms with E-state index in [2.05, 4.69) is 20.2 Å². The van der Waals surface area contributed by atoms with E-state index >= 15 is 0 Å². The molecule has 9 nitrogen and oxygen atoms in total. The Kier molecular flexibility index (Phi) is 5.98. The third-order valence-corrected chi connectivity index (χ3v) is 5.31. The van der Waals surface area contributed by atoms with Crippen molar-refractivity contribution in [3.63, 3.8) is 0 Å². The van der Waals surface area contributed by atoms with Gasteiger partial charge in [0.15, 0.2) is 0 Å². The number of aromatic nitrogens is 6. The first-order valence-electron chi connectivity index (χ1n) is 10.3. The molecule has 0 aliphatic rings. The summed E-state index contributed by atoms with van der Waals surface area (Å²) in [6.45, 7) is 5.07. The van der Waals surface area contributed by atoms with Gasteiger partial charge in [-0.25, -0.2) is 14.5 Å². The first kappa shape index (κ1) is 23.2. The zero-order chi connectivity index (χ0) is 24.6. The Morgan fingerprint density at radius 2 is 1.94 bits per heavy atom. The Labute approximate surface area is 192 Å². The van der Waals surface area contributed by atoms with Crippen LogP contribution in [-0.2, 0) is 10.9 Å². The molecule has 3 aromatic heterocycles. The highest BCUT2D eigenvalue weighted by molar-refractivity contribution is 5.88. The highest BCUT2D eigenvalue weighted by Gasteiger charge is 2.33. The molecule has 0 bridgehead atoms. The molecule has 0 saturated carbocycles. The second-order valence-electron chi connectivity index (χ2n) is 7.50. The molecule has 0 amide bonds. The predicted octanol–water partition coefficient (Wildman–Crippen LogP) is 4.13. The minimum absolute atomic E-state index is 0.127. The van der Waals surface area contributed by atoms with Crippen LogP contribution in [-0.4, -0.2) is 49.2 Å². The van der Waals surface area contributed by atoms with Gasteiger partial charge in [-0.1, -0.05) is 12.1 Å². The van der Waals surface area contributed by atoms with Gasteiger partial charge in [0.05, 0.1) is 43.3 Å². The summed E-state index contributed by atoms with van der Waals surface area (Å²) < 4.78 is 53.4. The molecular weight excluding hydrogens is 453 g/mol. The van der Waals surface area contributed by atoms with Crippen molar-refractivity contribution < 1.29 is 27.4 Å². The average Bonchev–Trinajstić information content (AvgIpc) is 3.45. The zero-order valence-corrected chi connectivity index (χ0v) is 18.8. The monoisotopic (exact) mass is 474 g/mol. The molecule has 0 N–H and O–H groups in total. The van der Waals surface area contributed by atoms with Gasteiger partial charge < -0.3 is 9.47 Å². The number of nitrogens with zero attached hydrogens (tertiary/aromatic N) is 6. The Morgan fingerprint density at radius 1 is 1.18 bits per heavy atom. The molecule has 3 heterocycles. The van der Waals surface area contributed by atoms with Gasteiger partial charge in [0, 0.05) is 6.20 Å². The van der Waals surface area contributed by atoms with Gasteiger partial charge in [-0.15, -0.1) is 0 Å². The van der Waals surface area contributed by atoms with Crippen LogP contribution >= 0.6 is 0 Å². The van der Waals surface area contributed by atoms with E-state index in [-0.39, 0.29) is 29.6 Å². The number of esters is 1. The second-order valence-corrected chi connectivity index (χ2v) is 7.50. The van der Waals surface area contributed by atoms with Crippen LogP contribution in [0.4, 0.5) is 13.2 Å². The Bertz CT molecular complexity index is 1360. The summed E-state index contributed by atoms with van der Waals surface area (Å²) in [4.78, 5) is 20.7. The lowest BCUT2D eigenvalue weighted by Crippen LogP contribution is -2.13. The molecule has 12 heteroatoms. The first-order valence-corrected chi connectivity index (χ1v) is 10.3. The maximum absolute atomic E-state index is 13.4. The van der Waals surface area contributed by atoms with Crippen LogP contribution in [0.1, 0.15) is 46.9 Å². The van der Waals surface area contributed by atoms with Crippen LogP contribution in [0.15, 0.2) is 36.8 Å². The quantitative estimate of drug-likeness (QED) is 0.388. The van der Waals surface area contributed by atoms with Crippen LogP contribution < -0.4 is 4.74 Å². The number of hydrogen-bond acceptors (Lipinski definition) is 7. The molecule has 0 unspecified atom stereocenters. The lowest BCUT2D eigenvalue weighted by Gasteiger charge is -2.18. The lowest BCUT2D eigenvalue weighted by atomic mass is 10.0. The van der Waals surface area contributed by atoms with Gasteiger partial charge in [0.2, 0.25) is 5.88 Å². The number of carbonyl (C=O) groups is 1. The van der Waals surface area contributed by atoms with E-state index in [9.17, 15) is 18.0 Å². The fourth-order valence-corrected chi connectivity index (χ4v) is 3.56. The van der Waals surface area contributed by atoms with E-state index < -0.39 is 23.8 Å². The fourth-order valence-electron chi connectivity index (χ4n) is 3.56. The Balaban J connectivity index is 1.75. The number of rotatable bonds is 6. The summed E-state index contributed by atoms with van der Waals surface area (Å²) in [5.74, 6) is -0.248. The molecule has 0 saturated heterocycles. The summed E-state index contributed by atoms with van der Waals surface area (Å²) in [5.41, 5.74) is 0.889. The van der Waals surface area contributed by atoms with E-state index in [1.165, 1.54) is 48.1 Å². The van der Waals surface area contributed by atoms with Crippen LogP contribution in [0.5, 0.6) is 5.88 Å². The molecule has 0 fully saturated rings. The third kappa shape index (κ3) is 4.18. The van der Waals surface area contributed by atoms with Crippen molar-refractivity contribution in [3.8, 4) is 11.8 Å². The molecule has 34 heavy (non-hydrogen) atoms. The Hall–Kier alpha value is -3.96. The molecule has 178 valence electrons. The first-order chi connectivity index (χ1) is 16.1. The molecule has 0 aliphatic carbocycles. The van der Waals surface area contributed by atoms with E-state index in [1.807, 2.05) is 0 Å². The molecule has 0 radical (unpaired) electrons. The van der Waals surface area contributed by atoms with Crippen molar-refractivity contribution in [2.24, 2.45) is 0 Å². The van der Waals surface area contributed by atoms with Crippen LogP contribution in [0.25, 0.3) is 17.0 Å². The molecule has 1 atom stereocenters. The molecule has 4 rings (SSSR count). The molecule has 1 aromatic carbocycles. The highest BCUT2D eigenvalue weighted by Crippen LogP contribution is 2.35. The number of benzene rings is 1. The highest BCUT2D eigenvalue weighted by atomic mass is 19.4. The second kappa shape index (κ2) is 8.76. The number of ether oxygens (including phenoxy) is 2. The van der Waals surface area contributed by atoms with Crippen LogP contribution in [0.3, 0.4) is 0 Å².